The van der Waals surface area contributed by atoms with Crippen LogP contribution < -0.4 is 0 Å². The SMILES string of the molecule is CC(C)=CCO[C@H]1CC[C@H]2[C@@H]3CC[C@]45C[C@H](CC[C@]4(C)[C@H]3CC[C@]12C)OC5=O. The summed E-state index contributed by atoms with van der Waals surface area (Å²) in [5.74, 6) is 2.39. The molecule has 0 aromatic rings. The van der Waals surface area contributed by atoms with Crippen LogP contribution in [0.4, 0.5) is 0 Å². The highest BCUT2D eigenvalue weighted by molar-refractivity contribution is 5.81. The minimum absolute atomic E-state index is 0.152. The molecule has 1 saturated heterocycles. The van der Waals surface area contributed by atoms with Gasteiger partial charge in [0.1, 0.15) is 6.10 Å². The van der Waals surface area contributed by atoms with Gasteiger partial charge in [-0.3, -0.25) is 4.79 Å². The first-order valence-corrected chi connectivity index (χ1v) is 11.8. The van der Waals surface area contributed by atoms with Crippen LogP contribution in [-0.4, -0.2) is 24.8 Å². The number of rotatable bonds is 3. The maximum atomic E-state index is 13.0. The van der Waals surface area contributed by atoms with Crippen LogP contribution in [-0.2, 0) is 14.3 Å². The second-order valence-electron chi connectivity index (χ2n) is 11.4. The third kappa shape index (κ3) is 2.41. The van der Waals surface area contributed by atoms with E-state index in [0.717, 1.165) is 37.7 Å². The van der Waals surface area contributed by atoms with Crippen molar-refractivity contribution in [2.45, 2.75) is 97.7 Å². The van der Waals surface area contributed by atoms with Crippen LogP contribution in [0.1, 0.15) is 85.5 Å². The third-order valence-electron chi connectivity index (χ3n) is 10.2. The van der Waals surface area contributed by atoms with Crippen LogP contribution in [0.2, 0.25) is 0 Å². The molecule has 3 nitrogen and oxygen atoms in total. The fraction of sp³-hybridized carbons (Fsp3) is 0.880. The van der Waals surface area contributed by atoms with E-state index >= 15 is 0 Å². The molecular formula is C25H38O3. The van der Waals surface area contributed by atoms with Crippen molar-refractivity contribution >= 4 is 5.97 Å². The molecule has 0 amide bonds. The van der Waals surface area contributed by atoms with Gasteiger partial charge in [-0.2, -0.15) is 0 Å². The zero-order valence-electron chi connectivity index (χ0n) is 18.3. The lowest BCUT2D eigenvalue weighted by atomic mass is 9.40. The minimum Gasteiger partial charge on any atom is -0.462 e. The molecule has 8 atom stereocenters. The molecule has 4 aliphatic carbocycles. The Balaban J connectivity index is 1.39. The smallest absolute Gasteiger partial charge is 0.313 e. The van der Waals surface area contributed by atoms with Gasteiger partial charge in [0.25, 0.3) is 0 Å². The lowest BCUT2D eigenvalue weighted by Gasteiger charge is -2.62. The predicted octanol–water partition coefficient (Wildman–Crippen LogP) is 5.68. The van der Waals surface area contributed by atoms with Crippen molar-refractivity contribution in [1.29, 1.82) is 0 Å². The first-order chi connectivity index (χ1) is 13.3. The lowest BCUT2D eigenvalue weighted by molar-refractivity contribution is -0.176. The molecule has 1 heterocycles. The fourth-order valence-electron chi connectivity index (χ4n) is 8.59. The molecule has 0 radical (unpaired) electrons. The zero-order valence-corrected chi connectivity index (χ0v) is 18.3. The van der Waals surface area contributed by atoms with E-state index in [-0.39, 0.29) is 22.9 Å². The summed E-state index contributed by atoms with van der Waals surface area (Å²) in [6.07, 6.45) is 13.5. The Labute approximate surface area is 170 Å². The first-order valence-electron chi connectivity index (χ1n) is 11.8. The number of fused-ring (bicyclic) bond motifs is 5. The van der Waals surface area contributed by atoms with Gasteiger partial charge in [0.05, 0.1) is 18.1 Å². The minimum atomic E-state index is -0.164. The van der Waals surface area contributed by atoms with Crippen molar-refractivity contribution in [3.8, 4) is 0 Å². The molecule has 0 N–H and O–H groups in total. The number of hydrogen-bond acceptors (Lipinski definition) is 3. The summed E-state index contributed by atoms with van der Waals surface area (Å²) in [7, 11) is 0. The molecule has 4 saturated carbocycles. The van der Waals surface area contributed by atoms with E-state index in [9.17, 15) is 4.79 Å². The first kappa shape index (κ1) is 19.2. The Hall–Kier alpha value is -0.830. The number of esters is 1. The molecule has 0 aromatic carbocycles. The summed E-state index contributed by atoms with van der Waals surface area (Å²) < 4.78 is 12.2. The molecule has 2 bridgehead atoms. The number of carbonyl (C=O) groups is 1. The van der Waals surface area contributed by atoms with Gasteiger partial charge in [-0.15, -0.1) is 0 Å². The topological polar surface area (TPSA) is 35.5 Å². The highest BCUT2D eigenvalue weighted by Gasteiger charge is 2.70. The Kier molecular flexibility index (Phi) is 4.33. The monoisotopic (exact) mass is 386 g/mol. The number of allylic oxidation sites excluding steroid dienone is 1. The summed E-state index contributed by atoms with van der Waals surface area (Å²) in [4.78, 5) is 13.0. The standard InChI is InChI=1S/C25H38O3/c1-16(2)10-14-27-21-6-5-19-18-8-13-25-15-17(28-22(25)26)7-12-24(25,4)20(18)9-11-23(19,21)3/h10,17-21H,5-9,11-15H2,1-4H3/t17-,18-,19-,20-,21-,23-,24+,25+/m0/s1. The van der Waals surface area contributed by atoms with Gasteiger partial charge in [-0.25, -0.2) is 0 Å². The third-order valence-corrected chi connectivity index (χ3v) is 10.2. The maximum Gasteiger partial charge on any atom is 0.313 e. The second-order valence-corrected chi connectivity index (χ2v) is 11.4. The lowest BCUT2D eigenvalue weighted by Crippen LogP contribution is -2.59. The molecule has 5 aliphatic rings. The van der Waals surface area contributed by atoms with E-state index in [0.29, 0.717) is 17.4 Å². The number of ether oxygens (including phenoxy) is 2. The normalized spacial score (nSPS) is 51.7. The summed E-state index contributed by atoms with van der Waals surface area (Å²) in [5, 5.41) is 0. The van der Waals surface area contributed by atoms with E-state index in [4.69, 9.17) is 9.47 Å². The molecule has 28 heavy (non-hydrogen) atoms. The second kappa shape index (κ2) is 6.33. The van der Waals surface area contributed by atoms with Gasteiger partial charge in [0, 0.05) is 6.42 Å². The summed E-state index contributed by atoms with van der Waals surface area (Å²) in [6.45, 7) is 10.0. The van der Waals surface area contributed by atoms with Crippen LogP contribution in [0.5, 0.6) is 0 Å². The van der Waals surface area contributed by atoms with Crippen molar-refractivity contribution in [3.05, 3.63) is 11.6 Å². The van der Waals surface area contributed by atoms with Crippen LogP contribution in [0.3, 0.4) is 0 Å². The van der Waals surface area contributed by atoms with Crippen molar-refractivity contribution in [2.24, 2.45) is 34.0 Å². The van der Waals surface area contributed by atoms with Crippen molar-refractivity contribution in [1.82, 2.24) is 0 Å². The highest BCUT2D eigenvalue weighted by Crippen LogP contribution is 2.71. The Morgan fingerprint density at radius 1 is 1.07 bits per heavy atom. The molecule has 156 valence electrons. The molecule has 1 spiro atoms. The molecule has 5 fully saturated rings. The van der Waals surface area contributed by atoms with E-state index in [2.05, 4.69) is 33.8 Å². The predicted molar refractivity (Wildman–Crippen MR) is 110 cm³/mol. The average Bonchev–Trinajstić information content (AvgIpc) is 3.12. The summed E-state index contributed by atoms with van der Waals surface area (Å²) >= 11 is 0. The Bertz CT molecular complexity index is 694. The molecule has 0 aromatic heterocycles. The molecular weight excluding hydrogens is 348 g/mol. The van der Waals surface area contributed by atoms with E-state index in [1.807, 2.05) is 0 Å². The van der Waals surface area contributed by atoms with E-state index in [1.165, 1.54) is 44.1 Å². The van der Waals surface area contributed by atoms with Crippen LogP contribution in [0, 0.1) is 34.0 Å². The van der Waals surface area contributed by atoms with Gasteiger partial charge in [-0.05, 0) is 93.8 Å². The van der Waals surface area contributed by atoms with Gasteiger partial charge in [-0.1, -0.05) is 25.5 Å². The van der Waals surface area contributed by atoms with Crippen LogP contribution in [0.25, 0.3) is 0 Å². The quantitative estimate of drug-likeness (QED) is 0.463. The zero-order chi connectivity index (χ0) is 19.7. The van der Waals surface area contributed by atoms with Crippen molar-refractivity contribution in [2.75, 3.05) is 6.61 Å². The van der Waals surface area contributed by atoms with Crippen molar-refractivity contribution < 1.29 is 14.3 Å². The van der Waals surface area contributed by atoms with Gasteiger partial charge < -0.3 is 9.47 Å². The average molecular weight is 387 g/mol. The van der Waals surface area contributed by atoms with Crippen LogP contribution >= 0.6 is 0 Å². The highest BCUT2D eigenvalue weighted by atomic mass is 16.6. The van der Waals surface area contributed by atoms with E-state index in [1.54, 1.807) is 0 Å². The summed E-state index contributed by atoms with van der Waals surface area (Å²) in [5.41, 5.74) is 1.66. The molecule has 5 rings (SSSR count). The fourth-order valence-corrected chi connectivity index (χ4v) is 8.59. The van der Waals surface area contributed by atoms with Gasteiger partial charge in [0.15, 0.2) is 0 Å². The van der Waals surface area contributed by atoms with E-state index < -0.39 is 0 Å². The van der Waals surface area contributed by atoms with Crippen LogP contribution in [0.15, 0.2) is 11.6 Å². The largest absolute Gasteiger partial charge is 0.462 e. The molecule has 1 aliphatic heterocycles. The Morgan fingerprint density at radius 2 is 1.89 bits per heavy atom. The Morgan fingerprint density at radius 3 is 2.68 bits per heavy atom. The van der Waals surface area contributed by atoms with Gasteiger partial charge >= 0.3 is 5.97 Å². The number of hydrogen-bond donors (Lipinski definition) is 0. The maximum absolute atomic E-state index is 13.0. The number of carbonyl (C=O) groups excluding carboxylic acids is 1. The molecule has 3 heteroatoms. The van der Waals surface area contributed by atoms with Crippen molar-refractivity contribution in [3.63, 3.8) is 0 Å². The molecule has 0 unspecified atom stereocenters. The van der Waals surface area contributed by atoms with Gasteiger partial charge in [0.2, 0.25) is 0 Å². The summed E-state index contributed by atoms with van der Waals surface area (Å²) in [6, 6.07) is 0.